The number of aromatic nitrogens is 2. The summed E-state index contributed by atoms with van der Waals surface area (Å²) in [5, 5.41) is 9.30. The van der Waals surface area contributed by atoms with Gasteiger partial charge < -0.3 is 16.0 Å². The number of hydrogen-bond donors (Lipinski definition) is 3. The van der Waals surface area contributed by atoms with Gasteiger partial charge in [-0.1, -0.05) is 6.92 Å². The van der Waals surface area contributed by atoms with Crippen LogP contribution in [-0.4, -0.2) is 46.0 Å². The van der Waals surface area contributed by atoms with Crippen molar-refractivity contribution in [3.8, 4) is 0 Å². The normalized spacial score (nSPS) is 16.2. The third kappa shape index (κ3) is 2.76. The molecule has 7 heteroatoms. The molecule has 0 radical (unpaired) electrons. The Labute approximate surface area is 117 Å². The van der Waals surface area contributed by atoms with E-state index in [-0.39, 0.29) is 11.6 Å². The molecule has 1 aliphatic rings. The van der Waals surface area contributed by atoms with Gasteiger partial charge in [0, 0.05) is 13.1 Å². The number of carbonyl (C=O) groups excluding carboxylic acids is 2. The first-order valence-corrected chi connectivity index (χ1v) is 6.97. The minimum atomic E-state index is -0.568. The van der Waals surface area contributed by atoms with Crippen LogP contribution in [0, 0.1) is 0 Å². The summed E-state index contributed by atoms with van der Waals surface area (Å²) in [5.41, 5.74) is 7.08. The first-order chi connectivity index (χ1) is 9.54. The molecule has 0 spiro atoms. The van der Waals surface area contributed by atoms with Crippen LogP contribution in [0.1, 0.15) is 42.9 Å². The number of nitrogen functional groups attached to an aromatic ring is 1. The van der Waals surface area contributed by atoms with E-state index in [2.05, 4.69) is 15.5 Å². The highest BCUT2D eigenvalue weighted by atomic mass is 16.2. The van der Waals surface area contributed by atoms with Crippen LogP contribution in [-0.2, 0) is 11.2 Å². The molecule has 1 aromatic heterocycles. The van der Waals surface area contributed by atoms with Crippen molar-refractivity contribution in [3.05, 3.63) is 11.4 Å². The van der Waals surface area contributed by atoms with Crippen LogP contribution in [0.5, 0.6) is 0 Å². The Bertz CT molecular complexity index is 505. The topological polar surface area (TPSA) is 104 Å². The standard InChI is InChI=1S/C13H21N5O2/c1-3-9-10(14)11(17-16-9)12(19)15-8(2)13(20)18-6-4-5-7-18/h8H,3-7,14H2,1-2H3,(H,15,19)(H,16,17). The smallest absolute Gasteiger partial charge is 0.274 e. The second-order valence-electron chi connectivity index (χ2n) is 5.05. The lowest BCUT2D eigenvalue weighted by molar-refractivity contribution is -0.131. The van der Waals surface area contributed by atoms with Gasteiger partial charge in [-0.3, -0.25) is 14.7 Å². The number of H-pyrrole nitrogens is 1. The fourth-order valence-electron chi connectivity index (χ4n) is 2.37. The van der Waals surface area contributed by atoms with E-state index in [9.17, 15) is 9.59 Å². The molecule has 1 fully saturated rings. The summed E-state index contributed by atoms with van der Waals surface area (Å²) >= 11 is 0. The Kier molecular flexibility index (Phi) is 4.26. The highest BCUT2D eigenvalue weighted by Gasteiger charge is 2.26. The molecule has 2 rings (SSSR count). The van der Waals surface area contributed by atoms with E-state index in [1.807, 2.05) is 6.92 Å². The van der Waals surface area contributed by atoms with Crippen LogP contribution in [0.15, 0.2) is 0 Å². The Morgan fingerprint density at radius 1 is 1.45 bits per heavy atom. The first kappa shape index (κ1) is 14.4. The average molecular weight is 279 g/mol. The van der Waals surface area contributed by atoms with Crippen LogP contribution < -0.4 is 11.1 Å². The number of carbonyl (C=O) groups is 2. The highest BCUT2D eigenvalue weighted by Crippen LogP contribution is 2.15. The molecular weight excluding hydrogens is 258 g/mol. The molecule has 110 valence electrons. The summed E-state index contributed by atoms with van der Waals surface area (Å²) in [5.74, 6) is -0.473. The molecule has 1 unspecified atom stereocenters. The van der Waals surface area contributed by atoms with Gasteiger partial charge in [-0.15, -0.1) is 0 Å². The monoisotopic (exact) mass is 279 g/mol. The van der Waals surface area contributed by atoms with Gasteiger partial charge in [0.2, 0.25) is 5.91 Å². The van der Waals surface area contributed by atoms with Gasteiger partial charge in [0.25, 0.3) is 5.91 Å². The van der Waals surface area contributed by atoms with Crippen molar-refractivity contribution in [2.75, 3.05) is 18.8 Å². The van der Waals surface area contributed by atoms with Crippen LogP contribution >= 0.6 is 0 Å². The zero-order chi connectivity index (χ0) is 14.7. The highest BCUT2D eigenvalue weighted by molar-refractivity contribution is 6.00. The Balaban J connectivity index is 1.99. The van der Waals surface area contributed by atoms with Gasteiger partial charge >= 0.3 is 0 Å². The van der Waals surface area contributed by atoms with Crippen molar-refractivity contribution in [1.29, 1.82) is 0 Å². The molecular formula is C13H21N5O2. The molecule has 2 amide bonds. The van der Waals surface area contributed by atoms with Gasteiger partial charge in [-0.25, -0.2) is 0 Å². The number of nitrogens with two attached hydrogens (primary N) is 1. The molecule has 2 heterocycles. The summed E-state index contributed by atoms with van der Waals surface area (Å²) in [6.07, 6.45) is 2.73. The van der Waals surface area contributed by atoms with Crippen LogP contribution in [0.3, 0.4) is 0 Å². The second kappa shape index (κ2) is 5.94. The lowest BCUT2D eigenvalue weighted by atomic mass is 10.2. The number of nitrogens with one attached hydrogen (secondary N) is 2. The number of aromatic amines is 1. The van der Waals surface area contributed by atoms with Crippen molar-refractivity contribution in [1.82, 2.24) is 20.4 Å². The van der Waals surface area contributed by atoms with E-state index in [1.54, 1.807) is 11.8 Å². The summed E-state index contributed by atoms with van der Waals surface area (Å²) in [6, 6.07) is -0.568. The molecule has 0 aromatic carbocycles. The van der Waals surface area contributed by atoms with Crippen LogP contribution in [0.25, 0.3) is 0 Å². The molecule has 1 aromatic rings. The summed E-state index contributed by atoms with van der Waals surface area (Å²) < 4.78 is 0. The number of likely N-dealkylation sites (tertiary alicyclic amines) is 1. The molecule has 0 saturated carbocycles. The zero-order valence-electron chi connectivity index (χ0n) is 11.9. The minimum Gasteiger partial charge on any atom is -0.395 e. The Hall–Kier alpha value is -2.05. The Morgan fingerprint density at radius 2 is 2.10 bits per heavy atom. The summed E-state index contributed by atoms with van der Waals surface area (Å²) in [7, 11) is 0. The second-order valence-corrected chi connectivity index (χ2v) is 5.05. The fourth-order valence-corrected chi connectivity index (χ4v) is 2.37. The van der Waals surface area contributed by atoms with Gasteiger partial charge in [0.15, 0.2) is 5.69 Å². The number of rotatable bonds is 4. The molecule has 4 N–H and O–H groups in total. The number of anilines is 1. The largest absolute Gasteiger partial charge is 0.395 e. The number of nitrogens with zero attached hydrogens (tertiary/aromatic N) is 2. The van der Waals surface area contributed by atoms with Crippen molar-refractivity contribution < 1.29 is 9.59 Å². The lowest BCUT2D eigenvalue weighted by Gasteiger charge is -2.20. The zero-order valence-corrected chi connectivity index (χ0v) is 11.9. The quantitative estimate of drug-likeness (QED) is 0.737. The lowest BCUT2D eigenvalue weighted by Crippen LogP contribution is -2.46. The van der Waals surface area contributed by atoms with E-state index >= 15 is 0 Å². The number of hydrogen-bond acceptors (Lipinski definition) is 4. The molecule has 20 heavy (non-hydrogen) atoms. The molecule has 7 nitrogen and oxygen atoms in total. The predicted molar refractivity (Wildman–Crippen MR) is 75.1 cm³/mol. The molecule has 0 bridgehead atoms. The third-order valence-electron chi connectivity index (χ3n) is 3.59. The van der Waals surface area contributed by atoms with E-state index in [0.29, 0.717) is 12.1 Å². The van der Waals surface area contributed by atoms with Gasteiger partial charge in [0.1, 0.15) is 6.04 Å². The van der Waals surface area contributed by atoms with Crippen molar-refractivity contribution in [2.24, 2.45) is 0 Å². The van der Waals surface area contributed by atoms with E-state index in [0.717, 1.165) is 31.6 Å². The van der Waals surface area contributed by atoms with E-state index < -0.39 is 11.9 Å². The maximum Gasteiger partial charge on any atom is 0.274 e. The van der Waals surface area contributed by atoms with Crippen molar-refractivity contribution in [2.45, 2.75) is 39.2 Å². The summed E-state index contributed by atoms with van der Waals surface area (Å²) in [4.78, 5) is 26.0. The molecule has 1 saturated heterocycles. The maximum absolute atomic E-state index is 12.1. The Morgan fingerprint density at radius 3 is 2.65 bits per heavy atom. The SMILES string of the molecule is CCc1[nH]nc(C(=O)NC(C)C(=O)N2CCCC2)c1N. The van der Waals surface area contributed by atoms with E-state index in [1.165, 1.54) is 0 Å². The summed E-state index contributed by atoms with van der Waals surface area (Å²) in [6.45, 7) is 5.14. The number of amides is 2. The molecule has 1 atom stereocenters. The minimum absolute atomic E-state index is 0.0549. The van der Waals surface area contributed by atoms with Gasteiger partial charge in [0.05, 0.1) is 11.4 Å². The maximum atomic E-state index is 12.1. The number of aryl methyl sites for hydroxylation is 1. The van der Waals surface area contributed by atoms with Crippen LogP contribution in [0.2, 0.25) is 0 Å². The molecule has 0 aliphatic carbocycles. The first-order valence-electron chi connectivity index (χ1n) is 6.97. The predicted octanol–water partition coefficient (Wildman–Crippen LogP) is 0.295. The van der Waals surface area contributed by atoms with E-state index in [4.69, 9.17) is 5.73 Å². The fraction of sp³-hybridized carbons (Fsp3) is 0.615. The average Bonchev–Trinajstić information content (AvgIpc) is 3.06. The molecule has 1 aliphatic heterocycles. The van der Waals surface area contributed by atoms with Crippen molar-refractivity contribution in [3.63, 3.8) is 0 Å². The van der Waals surface area contributed by atoms with Gasteiger partial charge in [-0.05, 0) is 26.2 Å². The van der Waals surface area contributed by atoms with Gasteiger partial charge in [-0.2, -0.15) is 5.10 Å². The van der Waals surface area contributed by atoms with Crippen molar-refractivity contribution >= 4 is 17.5 Å². The third-order valence-corrected chi connectivity index (χ3v) is 3.59. The van der Waals surface area contributed by atoms with Crippen LogP contribution in [0.4, 0.5) is 5.69 Å².